The zero-order chi connectivity index (χ0) is 12.7. The molecule has 2 bridgehead atoms. The molecular weight excluding hydrogens is 220 g/mol. The summed E-state index contributed by atoms with van der Waals surface area (Å²) in [6.45, 7) is 0. The molecule has 0 spiro atoms. The van der Waals surface area contributed by atoms with E-state index in [9.17, 15) is 5.26 Å². The van der Waals surface area contributed by atoms with Crippen LogP contribution in [0.25, 0.3) is 5.57 Å². The molecule has 0 saturated heterocycles. The van der Waals surface area contributed by atoms with E-state index in [1.54, 1.807) is 0 Å². The van der Waals surface area contributed by atoms with E-state index in [0.717, 1.165) is 12.0 Å². The highest BCUT2D eigenvalue weighted by Crippen LogP contribution is 2.48. The van der Waals surface area contributed by atoms with Gasteiger partial charge in [0.25, 0.3) is 0 Å². The Kier molecular flexibility index (Phi) is 2.48. The molecule has 2 aliphatic carbocycles. The topological polar surface area (TPSA) is 27.0 Å². The largest absolute Gasteiger partial charge is 0.378 e. The third kappa shape index (κ3) is 1.55. The summed E-state index contributed by atoms with van der Waals surface area (Å²) in [5.74, 6) is 0.818. The van der Waals surface area contributed by atoms with Gasteiger partial charge in [-0.3, -0.25) is 0 Å². The molecule has 3 rings (SSSR count). The number of allylic oxidation sites excluding steroid dienone is 4. The van der Waals surface area contributed by atoms with Crippen molar-refractivity contribution in [2.75, 3.05) is 19.0 Å². The second-order valence-corrected chi connectivity index (χ2v) is 5.21. The van der Waals surface area contributed by atoms with Crippen LogP contribution in [0.15, 0.2) is 42.0 Å². The molecule has 2 atom stereocenters. The number of nitriles is 1. The van der Waals surface area contributed by atoms with Gasteiger partial charge in [0, 0.05) is 37.2 Å². The molecule has 2 unspecified atom stereocenters. The maximum absolute atomic E-state index is 9.31. The van der Waals surface area contributed by atoms with Gasteiger partial charge in [-0.1, -0.05) is 24.3 Å². The van der Waals surface area contributed by atoms with Crippen LogP contribution in [0.4, 0.5) is 5.69 Å². The maximum atomic E-state index is 9.31. The summed E-state index contributed by atoms with van der Waals surface area (Å²) in [5.41, 5.74) is 4.61. The molecule has 0 heterocycles. The molecule has 0 aromatic heterocycles. The lowest BCUT2D eigenvalue weighted by molar-refractivity contribution is 0.727. The highest BCUT2D eigenvalue weighted by molar-refractivity contribution is 5.80. The van der Waals surface area contributed by atoms with Crippen LogP contribution >= 0.6 is 0 Å². The van der Waals surface area contributed by atoms with E-state index < -0.39 is 0 Å². The minimum atomic E-state index is 0.364. The van der Waals surface area contributed by atoms with Crippen LogP contribution in [0.3, 0.4) is 0 Å². The Bertz CT molecular complexity index is 570. The standard InChI is InChI=1S/C16H16N2/c1-18(2)14-7-5-11(6-8-14)16-13-4-3-12(9-13)15(16)10-17/h3-8,12-13H,9H2,1-2H3. The quantitative estimate of drug-likeness (QED) is 0.737. The van der Waals surface area contributed by atoms with Crippen LogP contribution < -0.4 is 4.90 Å². The summed E-state index contributed by atoms with van der Waals surface area (Å²) in [7, 11) is 4.07. The van der Waals surface area contributed by atoms with Crippen LogP contribution in [-0.2, 0) is 0 Å². The Hall–Kier alpha value is -2.01. The monoisotopic (exact) mass is 236 g/mol. The number of fused-ring (bicyclic) bond motifs is 2. The van der Waals surface area contributed by atoms with Gasteiger partial charge in [-0.2, -0.15) is 5.26 Å². The van der Waals surface area contributed by atoms with Crippen LogP contribution in [0.2, 0.25) is 0 Å². The van der Waals surface area contributed by atoms with Crippen LogP contribution in [0.5, 0.6) is 0 Å². The number of benzene rings is 1. The number of nitrogens with zero attached hydrogens (tertiary/aromatic N) is 2. The predicted octanol–water partition coefficient (Wildman–Crippen LogP) is 3.24. The summed E-state index contributed by atoms with van der Waals surface area (Å²) in [5, 5.41) is 9.31. The van der Waals surface area contributed by atoms with Crippen LogP contribution in [0.1, 0.15) is 12.0 Å². The molecular formula is C16H16N2. The van der Waals surface area contributed by atoms with Gasteiger partial charge in [0.1, 0.15) is 0 Å². The smallest absolute Gasteiger partial charge is 0.0956 e. The molecule has 0 N–H and O–H groups in total. The first kappa shape index (κ1) is 11.1. The molecule has 18 heavy (non-hydrogen) atoms. The first-order valence-electron chi connectivity index (χ1n) is 6.31. The molecule has 0 aliphatic heterocycles. The van der Waals surface area contributed by atoms with Gasteiger partial charge in [0.05, 0.1) is 6.07 Å². The van der Waals surface area contributed by atoms with Gasteiger partial charge in [0.15, 0.2) is 0 Å². The Balaban J connectivity index is 2.01. The Morgan fingerprint density at radius 1 is 1.11 bits per heavy atom. The van der Waals surface area contributed by atoms with Crippen LogP contribution in [-0.4, -0.2) is 14.1 Å². The van der Waals surface area contributed by atoms with Crippen molar-refractivity contribution in [1.29, 1.82) is 5.26 Å². The van der Waals surface area contributed by atoms with Gasteiger partial charge in [-0.05, 0) is 29.7 Å². The Morgan fingerprint density at radius 3 is 2.39 bits per heavy atom. The molecule has 1 aromatic carbocycles. The van der Waals surface area contributed by atoms with E-state index in [1.165, 1.54) is 16.8 Å². The van der Waals surface area contributed by atoms with Crippen molar-refractivity contribution in [3.63, 3.8) is 0 Å². The van der Waals surface area contributed by atoms with E-state index in [4.69, 9.17) is 0 Å². The molecule has 0 fully saturated rings. The minimum Gasteiger partial charge on any atom is -0.378 e. The third-order valence-electron chi connectivity index (χ3n) is 3.93. The van der Waals surface area contributed by atoms with Gasteiger partial charge in [0.2, 0.25) is 0 Å². The van der Waals surface area contributed by atoms with Crippen molar-refractivity contribution in [1.82, 2.24) is 0 Å². The molecule has 2 heteroatoms. The van der Waals surface area contributed by atoms with Crippen molar-refractivity contribution in [2.45, 2.75) is 6.42 Å². The van der Waals surface area contributed by atoms with Crippen LogP contribution in [0, 0.1) is 23.2 Å². The fourth-order valence-corrected chi connectivity index (χ4v) is 2.98. The lowest BCUT2D eigenvalue weighted by Crippen LogP contribution is -2.08. The predicted molar refractivity (Wildman–Crippen MR) is 74.0 cm³/mol. The second-order valence-electron chi connectivity index (χ2n) is 5.21. The highest BCUT2D eigenvalue weighted by atomic mass is 15.1. The molecule has 0 amide bonds. The molecule has 2 nitrogen and oxygen atoms in total. The van der Waals surface area contributed by atoms with Crippen molar-refractivity contribution < 1.29 is 0 Å². The van der Waals surface area contributed by atoms with Crippen molar-refractivity contribution in [3.8, 4) is 6.07 Å². The number of hydrogen-bond donors (Lipinski definition) is 0. The zero-order valence-electron chi connectivity index (χ0n) is 10.7. The number of anilines is 1. The summed E-state index contributed by atoms with van der Waals surface area (Å²) < 4.78 is 0. The van der Waals surface area contributed by atoms with E-state index in [1.807, 2.05) is 14.1 Å². The van der Waals surface area contributed by atoms with Crippen molar-refractivity contribution >= 4 is 11.3 Å². The lowest BCUT2D eigenvalue weighted by Gasteiger charge is -2.15. The molecule has 90 valence electrons. The molecule has 2 aliphatic rings. The van der Waals surface area contributed by atoms with E-state index in [0.29, 0.717) is 11.8 Å². The van der Waals surface area contributed by atoms with E-state index in [2.05, 4.69) is 47.4 Å². The second kappa shape index (κ2) is 4.03. The minimum absolute atomic E-state index is 0.364. The average molecular weight is 236 g/mol. The fourth-order valence-electron chi connectivity index (χ4n) is 2.98. The van der Waals surface area contributed by atoms with Gasteiger partial charge in [-0.25, -0.2) is 0 Å². The van der Waals surface area contributed by atoms with Crippen molar-refractivity contribution in [3.05, 3.63) is 47.6 Å². The molecule has 0 saturated carbocycles. The Labute approximate surface area is 108 Å². The summed E-state index contributed by atoms with van der Waals surface area (Å²) in [6, 6.07) is 10.9. The zero-order valence-corrected chi connectivity index (χ0v) is 10.7. The maximum Gasteiger partial charge on any atom is 0.0956 e. The highest BCUT2D eigenvalue weighted by Gasteiger charge is 2.35. The summed E-state index contributed by atoms with van der Waals surface area (Å²) in [6.07, 6.45) is 5.52. The first-order chi connectivity index (χ1) is 8.70. The van der Waals surface area contributed by atoms with Crippen molar-refractivity contribution in [2.24, 2.45) is 11.8 Å². The van der Waals surface area contributed by atoms with E-state index >= 15 is 0 Å². The van der Waals surface area contributed by atoms with Gasteiger partial charge < -0.3 is 4.90 Å². The van der Waals surface area contributed by atoms with Gasteiger partial charge >= 0.3 is 0 Å². The average Bonchev–Trinajstić information content (AvgIpc) is 2.98. The van der Waals surface area contributed by atoms with E-state index in [-0.39, 0.29) is 0 Å². The molecule has 0 radical (unpaired) electrons. The summed E-state index contributed by atoms with van der Waals surface area (Å²) in [4.78, 5) is 2.09. The normalized spacial score (nSPS) is 24.5. The Morgan fingerprint density at radius 2 is 1.78 bits per heavy atom. The summed E-state index contributed by atoms with van der Waals surface area (Å²) >= 11 is 0. The SMILES string of the molecule is CN(C)c1ccc(C2=C(C#N)C3C=CC2C3)cc1. The third-order valence-corrected chi connectivity index (χ3v) is 3.93. The number of rotatable bonds is 2. The van der Waals surface area contributed by atoms with Gasteiger partial charge in [-0.15, -0.1) is 0 Å². The molecule has 1 aromatic rings. The lowest BCUT2D eigenvalue weighted by atomic mass is 9.91. The number of hydrogen-bond acceptors (Lipinski definition) is 2. The fraction of sp³-hybridized carbons (Fsp3) is 0.312. The first-order valence-corrected chi connectivity index (χ1v) is 6.31.